The second-order valence-electron chi connectivity index (χ2n) is 7.39. The minimum Gasteiger partial charge on any atom is -0.346 e. The Hall–Kier alpha value is -2.55. The Morgan fingerprint density at radius 2 is 1.92 bits per heavy atom. The second kappa shape index (κ2) is 6.99. The van der Waals surface area contributed by atoms with Crippen LogP contribution in [-0.2, 0) is 4.79 Å². The first-order chi connectivity index (χ1) is 12.6. The van der Waals surface area contributed by atoms with Gasteiger partial charge in [-0.1, -0.05) is 36.4 Å². The van der Waals surface area contributed by atoms with Crippen LogP contribution in [-0.4, -0.2) is 28.5 Å². The molecule has 1 fully saturated rings. The zero-order chi connectivity index (χ0) is 18.1. The molecule has 0 N–H and O–H groups in total. The molecule has 2 heterocycles. The zero-order valence-electron chi connectivity index (χ0n) is 15.6. The van der Waals surface area contributed by atoms with Gasteiger partial charge in [-0.3, -0.25) is 4.79 Å². The Morgan fingerprint density at radius 3 is 2.58 bits per heavy atom. The molecule has 1 aromatic heterocycles. The summed E-state index contributed by atoms with van der Waals surface area (Å²) in [7, 11) is 0. The van der Waals surface area contributed by atoms with E-state index in [1.165, 1.54) is 40.9 Å². The predicted molar refractivity (Wildman–Crippen MR) is 107 cm³/mol. The van der Waals surface area contributed by atoms with E-state index in [1.807, 2.05) is 17.0 Å². The van der Waals surface area contributed by atoms with E-state index < -0.39 is 0 Å². The van der Waals surface area contributed by atoms with E-state index in [4.69, 9.17) is 0 Å². The largest absolute Gasteiger partial charge is 0.346 e. The molecule has 0 saturated heterocycles. The van der Waals surface area contributed by atoms with Gasteiger partial charge in [0.05, 0.1) is 0 Å². The highest BCUT2D eigenvalue weighted by atomic mass is 16.2. The minimum absolute atomic E-state index is 0.101. The van der Waals surface area contributed by atoms with Crippen molar-refractivity contribution in [1.29, 1.82) is 0 Å². The van der Waals surface area contributed by atoms with Crippen molar-refractivity contribution in [3.63, 3.8) is 0 Å². The fraction of sp³-hybridized carbons (Fsp3) is 0.348. The number of rotatable bonds is 4. The number of carbonyl (C=O) groups excluding carboxylic acids is 1. The molecule has 0 unspecified atom stereocenters. The lowest BCUT2D eigenvalue weighted by atomic mass is 9.99. The molecule has 1 aromatic carbocycles. The van der Waals surface area contributed by atoms with E-state index in [-0.39, 0.29) is 5.91 Å². The molecule has 3 nitrogen and oxygen atoms in total. The highest BCUT2D eigenvalue weighted by Crippen LogP contribution is 2.38. The first-order valence-corrected chi connectivity index (χ1v) is 9.53. The molecule has 1 aliphatic carbocycles. The highest BCUT2D eigenvalue weighted by Gasteiger charge is 2.26. The SMILES string of the molecule is Cc1cc(C=CC(=O)N2CC=C(c3ccccc3)CC2)c(C)n1C1CC1. The Balaban J connectivity index is 1.42. The summed E-state index contributed by atoms with van der Waals surface area (Å²) in [5.74, 6) is 0.101. The van der Waals surface area contributed by atoms with Crippen LogP contribution < -0.4 is 0 Å². The lowest BCUT2D eigenvalue weighted by molar-refractivity contribution is -0.125. The molecule has 0 spiro atoms. The van der Waals surface area contributed by atoms with Crippen LogP contribution in [0.1, 0.15) is 47.8 Å². The number of benzene rings is 1. The van der Waals surface area contributed by atoms with Crippen LogP contribution in [0.3, 0.4) is 0 Å². The summed E-state index contributed by atoms with van der Waals surface area (Å²) in [6.07, 6.45) is 9.38. The molecule has 1 aliphatic heterocycles. The average Bonchev–Trinajstić information content (AvgIpc) is 3.46. The number of hydrogen-bond acceptors (Lipinski definition) is 1. The summed E-state index contributed by atoms with van der Waals surface area (Å²) in [5.41, 5.74) is 6.35. The molecular weight excluding hydrogens is 320 g/mol. The number of hydrogen-bond donors (Lipinski definition) is 0. The molecule has 3 heteroatoms. The molecule has 0 radical (unpaired) electrons. The van der Waals surface area contributed by atoms with Gasteiger partial charge in [0.2, 0.25) is 5.91 Å². The third kappa shape index (κ3) is 3.39. The van der Waals surface area contributed by atoms with Crippen LogP contribution in [0.25, 0.3) is 11.6 Å². The maximum atomic E-state index is 12.6. The summed E-state index contributed by atoms with van der Waals surface area (Å²) < 4.78 is 2.42. The van der Waals surface area contributed by atoms with Crippen LogP contribution in [0, 0.1) is 13.8 Å². The maximum Gasteiger partial charge on any atom is 0.246 e. The van der Waals surface area contributed by atoms with Gasteiger partial charge < -0.3 is 9.47 Å². The van der Waals surface area contributed by atoms with Gasteiger partial charge in [0, 0.05) is 36.6 Å². The normalized spacial score (nSPS) is 17.6. The average molecular weight is 346 g/mol. The number of nitrogens with zero attached hydrogens (tertiary/aromatic N) is 2. The first kappa shape index (κ1) is 16.9. The quantitative estimate of drug-likeness (QED) is 0.732. The molecule has 2 aliphatic rings. The molecule has 134 valence electrons. The molecule has 2 aromatic rings. The van der Waals surface area contributed by atoms with Crippen LogP contribution in [0.4, 0.5) is 0 Å². The molecular formula is C23H26N2O. The molecule has 0 atom stereocenters. The highest BCUT2D eigenvalue weighted by molar-refractivity contribution is 5.92. The number of aromatic nitrogens is 1. The summed E-state index contributed by atoms with van der Waals surface area (Å²) >= 11 is 0. The minimum atomic E-state index is 0.101. The van der Waals surface area contributed by atoms with Gasteiger partial charge in [0.25, 0.3) is 0 Å². The molecule has 1 saturated carbocycles. The van der Waals surface area contributed by atoms with Crippen molar-refractivity contribution < 1.29 is 4.79 Å². The van der Waals surface area contributed by atoms with E-state index in [9.17, 15) is 4.79 Å². The predicted octanol–water partition coefficient (Wildman–Crippen LogP) is 4.77. The lowest BCUT2D eigenvalue weighted by Crippen LogP contribution is -2.33. The molecule has 26 heavy (non-hydrogen) atoms. The number of carbonyl (C=O) groups is 1. The Labute approximate surface area is 155 Å². The number of aryl methyl sites for hydroxylation is 1. The monoisotopic (exact) mass is 346 g/mol. The Morgan fingerprint density at radius 1 is 1.15 bits per heavy atom. The fourth-order valence-electron chi connectivity index (χ4n) is 3.92. The smallest absolute Gasteiger partial charge is 0.246 e. The van der Waals surface area contributed by atoms with E-state index in [0.29, 0.717) is 12.6 Å². The zero-order valence-corrected chi connectivity index (χ0v) is 15.6. The summed E-state index contributed by atoms with van der Waals surface area (Å²) in [6, 6.07) is 13.3. The van der Waals surface area contributed by atoms with Crippen molar-refractivity contribution in [3.05, 3.63) is 71.1 Å². The van der Waals surface area contributed by atoms with Gasteiger partial charge in [-0.15, -0.1) is 0 Å². The van der Waals surface area contributed by atoms with Gasteiger partial charge in [-0.2, -0.15) is 0 Å². The molecule has 1 amide bonds. The topological polar surface area (TPSA) is 25.2 Å². The fourth-order valence-corrected chi connectivity index (χ4v) is 3.92. The third-order valence-corrected chi connectivity index (χ3v) is 5.51. The van der Waals surface area contributed by atoms with Crippen molar-refractivity contribution in [1.82, 2.24) is 9.47 Å². The summed E-state index contributed by atoms with van der Waals surface area (Å²) in [6.45, 7) is 5.79. The van der Waals surface area contributed by atoms with Gasteiger partial charge in [0.1, 0.15) is 0 Å². The Kier molecular flexibility index (Phi) is 4.54. The second-order valence-corrected chi connectivity index (χ2v) is 7.39. The van der Waals surface area contributed by atoms with Gasteiger partial charge >= 0.3 is 0 Å². The van der Waals surface area contributed by atoms with Crippen LogP contribution in [0.15, 0.2) is 48.6 Å². The van der Waals surface area contributed by atoms with Crippen LogP contribution in [0.2, 0.25) is 0 Å². The van der Waals surface area contributed by atoms with Crippen LogP contribution in [0.5, 0.6) is 0 Å². The first-order valence-electron chi connectivity index (χ1n) is 9.53. The number of amides is 1. The molecule has 4 rings (SSSR count). The third-order valence-electron chi connectivity index (χ3n) is 5.51. The van der Waals surface area contributed by atoms with Crippen molar-refractivity contribution in [3.8, 4) is 0 Å². The van der Waals surface area contributed by atoms with Crippen molar-refractivity contribution in [2.75, 3.05) is 13.1 Å². The van der Waals surface area contributed by atoms with Crippen molar-refractivity contribution >= 4 is 17.6 Å². The van der Waals surface area contributed by atoms with Crippen molar-refractivity contribution in [2.45, 2.75) is 39.2 Å². The van der Waals surface area contributed by atoms with E-state index in [0.717, 1.165) is 13.0 Å². The lowest BCUT2D eigenvalue weighted by Gasteiger charge is -2.25. The van der Waals surface area contributed by atoms with E-state index in [1.54, 1.807) is 6.08 Å². The van der Waals surface area contributed by atoms with E-state index in [2.05, 4.69) is 54.8 Å². The maximum absolute atomic E-state index is 12.6. The van der Waals surface area contributed by atoms with E-state index >= 15 is 0 Å². The van der Waals surface area contributed by atoms with Gasteiger partial charge in [0.15, 0.2) is 0 Å². The standard InChI is InChI=1S/C23H26N2O/c1-17-16-21(18(2)25(17)22-9-10-22)8-11-23(26)24-14-12-20(13-15-24)19-6-4-3-5-7-19/h3-8,11-12,16,22H,9-10,13-15H2,1-2H3. The van der Waals surface area contributed by atoms with Crippen molar-refractivity contribution in [2.24, 2.45) is 0 Å². The van der Waals surface area contributed by atoms with Gasteiger partial charge in [-0.25, -0.2) is 0 Å². The van der Waals surface area contributed by atoms with Crippen LogP contribution >= 0.6 is 0 Å². The summed E-state index contributed by atoms with van der Waals surface area (Å²) in [4.78, 5) is 14.5. The molecule has 0 bridgehead atoms. The Bertz CT molecular complexity index is 869. The summed E-state index contributed by atoms with van der Waals surface area (Å²) in [5, 5.41) is 0. The van der Waals surface area contributed by atoms with Gasteiger partial charge in [-0.05, 0) is 62.0 Å².